The van der Waals surface area contributed by atoms with Crippen LogP contribution in [0.5, 0.6) is 0 Å². The summed E-state index contributed by atoms with van der Waals surface area (Å²) >= 11 is 0. The van der Waals surface area contributed by atoms with Gasteiger partial charge < -0.3 is 94.1 Å². The molecule has 0 spiro atoms. The first-order chi connectivity index (χ1) is 28.0. The quantitative estimate of drug-likeness (QED) is 0.0401. The van der Waals surface area contributed by atoms with Gasteiger partial charge in [0, 0.05) is 34.0 Å². The number of methoxy groups -OCH3 is 2. The predicted molar refractivity (Wildman–Crippen MR) is 200 cm³/mol. The monoisotopic (exact) mass is 900 g/mol. The largest absolute Gasteiger partial charge is 1.00 e. The maximum atomic E-state index is 12.6. The molecule has 0 bridgehead atoms. The number of hydrogen-bond acceptors (Lipinski definition) is 19. The number of aliphatic hydroxyl groups is 8. The second-order valence-electron chi connectivity index (χ2n) is 15.6. The summed E-state index contributed by atoms with van der Waals surface area (Å²) in [6, 6.07) is -2.20. The first-order valence-electron chi connectivity index (χ1n) is 20.2. The van der Waals surface area contributed by atoms with Gasteiger partial charge in [0.2, 0.25) is 11.8 Å². The average Bonchev–Trinajstić information content (AvgIpc) is 3.20. The Morgan fingerprint density at radius 1 is 0.689 bits per heavy atom. The van der Waals surface area contributed by atoms with E-state index in [4.69, 9.17) is 42.6 Å². The maximum Gasteiger partial charge on any atom is 1.00 e. The fraction of sp³-hybridized carbons (Fsp3) is 0.895. The third kappa shape index (κ3) is 15.7. The van der Waals surface area contributed by atoms with E-state index < -0.39 is 134 Å². The van der Waals surface area contributed by atoms with Gasteiger partial charge in [0.25, 0.3) is 0 Å². The number of carbonyl (C=O) groups is 2. The number of amides is 2. The van der Waals surface area contributed by atoms with E-state index in [0.717, 1.165) is 6.61 Å². The standard InChI is InChI=1S/C38H66N2O19.2Na/c1-7-20(43)13-53-12-19-11-24(27(39-17(3)41)35(29(19)45)59-38-34(50)32(48)25(51-5)16-55-38)56-22-9-10-23(31(47)30(22)46)57-36-28(40-18(4)42)37(52-6)58-26(33(36)49)15-54-14-21(44)8-2;;/h9,16,19-38,43-50H,7-8,10-15H2,1-6H3,(H,39,41)(H,40,42);;/q-2;2*+1. The van der Waals surface area contributed by atoms with Crippen molar-refractivity contribution in [2.24, 2.45) is 5.92 Å². The molecule has 61 heavy (non-hydrogen) atoms. The molecule has 0 aromatic rings. The summed E-state index contributed by atoms with van der Waals surface area (Å²) < 4.78 is 52.1. The molecule has 4 rings (SSSR count). The third-order valence-corrected chi connectivity index (χ3v) is 11.1. The Balaban J connectivity index is 0.00000641. The zero-order chi connectivity index (χ0) is 43.6. The smallest absolute Gasteiger partial charge is 0.525 e. The Kier molecular flexibility index (Phi) is 26.1. The van der Waals surface area contributed by atoms with Gasteiger partial charge in [-0.1, -0.05) is 13.8 Å². The average molecular weight is 901 g/mol. The van der Waals surface area contributed by atoms with Crippen LogP contribution in [0.2, 0.25) is 0 Å². The predicted octanol–water partition coefficient (Wildman–Crippen LogP) is -9.83. The number of ether oxygens (including phenoxy) is 9. The van der Waals surface area contributed by atoms with Crippen molar-refractivity contribution in [2.75, 3.05) is 40.6 Å². The van der Waals surface area contributed by atoms with Crippen LogP contribution in [0.1, 0.15) is 53.4 Å². The van der Waals surface area contributed by atoms with Crippen molar-refractivity contribution in [1.29, 1.82) is 0 Å². The molecule has 20 atom stereocenters. The fourth-order valence-electron chi connectivity index (χ4n) is 7.65. The summed E-state index contributed by atoms with van der Waals surface area (Å²) in [5.74, 6) is -1.77. The van der Waals surface area contributed by atoms with E-state index >= 15 is 0 Å². The van der Waals surface area contributed by atoms with Crippen LogP contribution in [0.4, 0.5) is 0 Å². The van der Waals surface area contributed by atoms with Gasteiger partial charge in [-0.05, 0) is 31.5 Å². The molecule has 2 saturated carbocycles. The molecule has 2 saturated heterocycles. The normalized spacial score (nSPS) is 40.2. The van der Waals surface area contributed by atoms with Crippen LogP contribution in [0, 0.1) is 18.9 Å². The van der Waals surface area contributed by atoms with Gasteiger partial charge >= 0.3 is 59.1 Å². The molecule has 2 heterocycles. The second-order valence-corrected chi connectivity index (χ2v) is 15.6. The summed E-state index contributed by atoms with van der Waals surface area (Å²) in [5, 5.41) is 92.9. The molecular weight excluding hydrogens is 834 g/mol. The van der Waals surface area contributed by atoms with Crippen LogP contribution in [0.3, 0.4) is 0 Å². The van der Waals surface area contributed by atoms with E-state index in [1.54, 1.807) is 20.3 Å². The molecule has 2 amide bonds. The summed E-state index contributed by atoms with van der Waals surface area (Å²) in [5.41, 5.74) is 0. The Morgan fingerprint density at radius 3 is 1.84 bits per heavy atom. The van der Waals surface area contributed by atoms with Crippen LogP contribution < -0.4 is 69.7 Å². The van der Waals surface area contributed by atoms with Gasteiger partial charge in [0.1, 0.15) is 42.7 Å². The van der Waals surface area contributed by atoms with E-state index in [9.17, 15) is 50.4 Å². The minimum atomic E-state index is -1.64. The number of nitrogens with one attached hydrogen (secondary N) is 2. The summed E-state index contributed by atoms with van der Waals surface area (Å²) in [7, 11) is 2.65. The summed E-state index contributed by atoms with van der Waals surface area (Å²) in [6.07, 6.45) is -18.9. The van der Waals surface area contributed by atoms with Gasteiger partial charge in [-0.2, -0.15) is 6.61 Å². The van der Waals surface area contributed by atoms with Crippen molar-refractivity contribution in [3.05, 3.63) is 13.0 Å². The van der Waals surface area contributed by atoms with Crippen molar-refractivity contribution in [3.63, 3.8) is 0 Å². The first-order valence-corrected chi connectivity index (χ1v) is 20.2. The minimum Gasteiger partial charge on any atom is -0.525 e. The van der Waals surface area contributed by atoms with Crippen molar-refractivity contribution in [1.82, 2.24) is 10.6 Å². The molecule has 10 N–H and O–H groups in total. The first kappa shape index (κ1) is 57.4. The second kappa shape index (κ2) is 27.8. The van der Waals surface area contributed by atoms with E-state index in [1.165, 1.54) is 28.1 Å². The Bertz CT molecular complexity index is 1290. The Labute approximate surface area is 401 Å². The Morgan fingerprint density at radius 2 is 1.26 bits per heavy atom. The molecule has 23 heteroatoms. The van der Waals surface area contributed by atoms with E-state index in [-0.39, 0.29) is 98.4 Å². The number of carbonyl (C=O) groups excluding carboxylic acids is 2. The molecule has 4 fully saturated rings. The van der Waals surface area contributed by atoms with Gasteiger partial charge in [0.05, 0.1) is 75.2 Å². The zero-order valence-electron chi connectivity index (χ0n) is 36.4. The van der Waals surface area contributed by atoms with E-state index in [1.807, 2.05) is 0 Å². The summed E-state index contributed by atoms with van der Waals surface area (Å²) in [4.78, 5) is 24.8. The van der Waals surface area contributed by atoms with Gasteiger partial charge in [-0.15, -0.1) is 6.42 Å². The van der Waals surface area contributed by atoms with Crippen molar-refractivity contribution >= 4 is 11.8 Å². The maximum absolute atomic E-state index is 12.6. The zero-order valence-corrected chi connectivity index (χ0v) is 40.4. The van der Waals surface area contributed by atoms with Crippen molar-refractivity contribution < 1.29 is 152 Å². The molecule has 2 aliphatic heterocycles. The van der Waals surface area contributed by atoms with Crippen LogP contribution >= 0.6 is 0 Å². The van der Waals surface area contributed by atoms with Gasteiger partial charge in [-0.25, -0.2) is 0 Å². The topological polar surface area (TPSA) is 303 Å². The molecular formula is C38H66N2Na2O19. The molecule has 0 aromatic carbocycles. The van der Waals surface area contributed by atoms with Crippen LogP contribution in [-0.2, 0) is 52.2 Å². The van der Waals surface area contributed by atoms with Crippen LogP contribution in [-0.4, -0.2) is 210 Å². The number of rotatable bonds is 20. The third-order valence-electron chi connectivity index (χ3n) is 11.1. The van der Waals surface area contributed by atoms with Crippen molar-refractivity contribution in [3.8, 4) is 0 Å². The Hall–Kier alpha value is 0.260. The fourth-order valence-corrected chi connectivity index (χ4v) is 7.65. The van der Waals surface area contributed by atoms with Crippen LogP contribution in [0.25, 0.3) is 0 Å². The molecule has 2 aliphatic carbocycles. The number of hydrogen-bond donors (Lipinski definition) is 10. The van der Waals surface area contributed by atoms with Gasteiger partial charge in [0.15, 0.2) is 12.6 Å². The minimum absolute atomic E-state index is 0. The van der Waals surface area contributed by atoms with E-state index in [0.29, 0.717) is 12.8 Å². The van der Waals surface area contributed by atoms with Crippen molar-refractivity contribution in [2.45, 2.75) is 170 Å². The SMILES string of the molecule is CCC(O)COCC1CC(OC2[CH-]CC(OC3C(O)C(COCC(O)CC)OC(OC)C3NC(C)=O)C(O)C2O)C(NC(C)=O)C(OC2O[CH-]C(OC)C(O)C2O)C1O.[Na+].[Na+]. The molecule has 20 unspecified atom stereocenters. The van der Waals surface area contributed by atoms with E-state index in [2.05, 4.69) is 10.6 Å². The molecule has 0 aromatic heterocycles. The molecule has 21 nitrogen and oxygen atoms in total. The summed E-state index contributed by atoms with van der Waals surface area (Å²) in [6.45, 7) is 6.87. The number of aliphatic hydroxyl groups excluding tert-OH is 8. The van der Waals surface area contributed by atoms with Gasteiger partial charge in [-0.3, -0.25) is 16.0 Å². The molecule has 344 valence electrons. The molecule has 4 aliphatic rings. The van der Waals surface area contributed by atoms with Crippen LogP contribution in [0.15, 0.2) is 0 Å². The molecule has 0 radical (unpaired) electrons.